The Bertz CT molecular complexity index is 1120. The Balaban J connectivity index is 1.28. The van der Waals surface area contributed by atoms with Crippen molar-refractivity contribution in [1.29, 1.82) is 0 Å². The van der Waals surface area contributed by atoms with Crippen molar-refractivity contribution in [3.63, 3.8) is 0 Å². The summed E-state index contributed by atoms with van der Waals surface area (Å²) in [6.45, 7) is 3.03. The summed E-state index contributed by atoms with van der Waals surface area (Å²) >= 11 is 6.41. The number of benzene rings is 1. The molecule has 164 valence electrons. The van der Waals surface area contributed by atoms with E-state index in [4.69, 9.17) is 24.2 Å². The fourth-order valence-corrected chi connectivity index (χ4v) is 4.73. The number of nitrogens with zero attached hydrogens (tertiary/aromatic N) is 4. The van der Waals surface area contributed by atoms with E-state index in [9.17, 15) is 4.79 Å². The monoisotopic (exact) mass is 449 g/mol. The van der Waals surface area contributed by atoms with Gasteiger partial charge in [-0.1, -0.05) is 29.8 Å². The first-order chi connectivity index (χ1) is 15.6. The Hall–Kier alpha value is -2.58. The zero-order valence-electron chi connectivity index (χ0n) is 17.8. The summed E-state index contributed by atoms with van der Waals surface area (Å²) in [5.41, 5.74) is 2.71. The van der Waals surface area contributed by atoms with Crippen molar-refractivity contribution in [1.82, 2.24) is 19.5 Å². The van der Waals surface area contributed by atoms with Gasteiger partial charge in [0.25, 0.3) is 5.91 Å². The number of carbonyl (C=O) groups excluding carboxylic acids is 1. The van der Waals surface area contributed by atoms with Gasteiger partial charge >= 0.3 is 0 Å². The lowest BCUT2D eigenvalue weighted by molar-refractivity contribution is -0.142. The average molecular weight is 450 g/mol. The fraction of sp³-hybridized carbons (Fsp3) is 0.435. The van der Waals surface area contributed by atoms with E-state index in [0.717, 1.165) is 62.4 Å². The van der Waals surface area contributed by atoms with E-state index >= 15 is 0 Å². The molecule has 4 heterocycles. The number of piperidine rings is 1. The van der Waals surface area contributed by atoms with Gasteiger partial charge in [0, 0.05) is 49.1 Å². The van der Waals surface area contributed by atoms with Crippen LogP contribution in [0.2, 0.25) is 5.02 Å². The molecule has 2 aromatic heterocycles. The SMILES string of the molecule is [B]c1cnn2c(NCC3CCN(C(=O)C4CCCO4)CC3)cc(-c3ccccc3Cl)nc12. The number of halogens is 1. The number of likely N-dealkylation sites (tertiary alicyclic amines) is 1. The summed E-state index contributed by atoms with van der Waals surface area (Å²) in [6, 6.07) is 9.58. The first kappa shape index (κ1) is 21.3. The largest absolute Gasteiger partial charge is 0.370 e. The molecule has 1 atom stereocenters. The number of carbonyl (C=O) groups is 1. The molecule has 0 saturated carbocycles. The predicted octanol–water partition coefficient (Wildman–Crippen LogP) is 2.67. The number of anilines is 1. The summed E-state index contributed by atoms with van der Waals surface area (Å²) < 4.78 is 7.29. The van der Waals surface area contributed by atoms with Crippen molar-refractivity contribution in [3.05, 3.63) is 41.6 Å². The Kier molecular flexibility index (Phi) is 6.06. The predicted molar refractivity (Wildman–Crippen MR) is 126 cm³/mol. The zero-order valence-corrected chi connectivity index (χ0v) is 18.6. The fourth-order valence-electron chi connectivity index (χ4n) is 4.50. The summed E-state index contributed by atoms with van der Waals surface area (Å²) in [5.74, 6) is 1.43. The molecular formula is C23H25BClN5O2. The highest BCUT2D eigenvalue weighted by Gasteiger charge is 2.30. The number of rotatable bonds is 5. The minimum atomic E-state index is -0.233. The second kappa shape index (κ2) is 9.12. The van der Waals surface area contributed by atoms with Crippen LogP contribution in [-0.4, -0.2) is 65.6 Å². The molecule has 32 heavy (non-hydrogen) atoms. The number of nitrogens with one attached hydrogen (secondary N) is 1. The van der Waals surface area contributed by atoms with Crippen LogP contribution < -0.4 is 10.8 Å². The van der Waals surface area contributed by atoms with Crippen LogP contribution in [0.25, 0.3) is 16.9 Å². The number of hydrogen-bond donors (Lipinski definition) is 1. The topological polar surface area (TPSA) is 71.8 Å². The van der Waals surface area contributed by atoms with Crippen LogP contribution in [0.3, 0.4) is 0 Å². The van der Waals surface area contributed by atoms with Gasteiger partial charge in [0.05, 0.1) is 5.69 Å². The maximum Gasteiger partial charge on any atom is 0.251 e. The highest BCUT2D eigenvalue weighted by Crippen LogP contribution is 2.29. The van der Waals surface area contributed by atoms with E-state index in [1.807, 2.05) is 35.2 Å². The van der Waals surface area contributed by atoms with Gasteiger partial charge in [-0.15, -0.1) is 0 Å². The van der Waals surface area contributed by atoms with Crippen LogP contribution in [0, 0.1) is 5.92 Å². The zero-order chi connectivity index (χ0) is 22.1. The van der Waals surface area contributed by atoms with Gasteiger partial charge in [0.1, 0.15) is 19.8 Å². The lowest BCUT2D eigenvalue weighted by atomic mass is 9.96. The van der Waals surface area contributed by atoms with Crippen molar-refractivity contribution in [3.8, 4) is 11.3 Å². The van der Waals surface area contributed by atoms with Gasteiger partial charge in [-0.25, -0.2) is 4.98 Å². The molecule has 2 fully saturated rings. The smallest absolute Gasteiger partial charge is 0.251 e. The van der Waals surface area contributed by atoms with Crippen LogP contribution in [0.15, 0.2) is 36.5 Å². The van der Waals surface area contributed by atoms with Gasteiger partial charge in [0.15, 0.2) is 5.65 Å². The third-order valence-electron chi connectivity index (χ3n) is 6.35. The summed E-state index contributed by atoms with van der Waals surface area (Å²) in [7, 11) is 6.11. The number of fused-ring (bicyclic) bond motifs is 1. The molecule has 1 unspecified atom stereocenters. The molecule has 0 bridgehead atoms. The van der Waals surface area contributed by atoms with E-state index in [1.165, 1.54) is 0 Å². The molecule has 1 aromatic carbocycles. The van der Waals surface area contributed by atoms with Crippen LogP contribution >= 0.6 is 11.6 Å². The van der Waals surface area contributed by atoms with E-state index < -0.39 is 0 Å². The Morgan fingerprint density at radius 1 is 1.25 bits per heavy atom. The van der Waals surface area contributed by atoms with Crippen molar-refractivity contribution in [2.24, 2.45) is 5.92 Å². The Morgan fingerprint density at radius 2 is 2.06 bits per heavy atom. The van der Waals surface area contributed by atoms with Crippen LogP contribution in [0.5, 0.6) is 0 Å². The molecule has 1 N–H and O–H groups in total. The van der Waals surface area contributed by atoms with E-state index in [2.05, 4.69) is 15.4 Å². The number of amides is 1. The summed E-state index contributed by atoms with van der Waals surface area (Å²) in [6.07, 6.45) is 5.11. The standard InChI is InChI=1S/C23H25BClN5O2/c24-17-14-27-30-21(12-19(28-22(17)30)16-4-1-2-5-18(16)25)26-13-15-7-9-29(10-8-15)23(31)20-6-3-11-32-20/h1-2,4-5,12,14-15,20,26H,3,6-11,13H2. The van der Waals surface area contributed by atoms with Crippen LogP contribution in [0.4, 0.5) is 5.82 Å². The highest BCUT2D eigenvalue weighted by atomic mass is 35.5. The number of aromatic nitrogens is 3. The molecule has 3 aromatic rings. The van der Waals surface area contributed by atoms with Crippen LogP contribution in [0.1, 0.15) is 25.7 Å². The first-order valence-corrected chi connectivity index (χ1v) is 11.5. The summed E-state index contributed by atoms with van der Waals surface area (Å²) in [5, 5.41) is 8.55. The second-order valence-electron chi connectivity index (χ2n) is 8.49. The third kappa shape index (κ3) is 4.21. The van der Waals surface area contributed by atoms with Crippen LogP contribution in [-0.2, 0) is 9.53 Å². The van der Waals surface area contributed by atoms with Gasteiger partial charge in [-0.05, 0) is 43.1 Å². The highest BCUT2D eigenvalue weighted by molar-refractivity contribution is 6.36. The van der Waals surface area contributed by atoms with Gasteiger partial charge in [-0.2, -0.15) is 9.61 Å². The molecule has 2 radical (unpaired) electrons. The van der Waals surface area contributed by atoms with Gasteiger partial charge in [-0.3, -0.25) is 4.79 Å². The maximum atomic E-state index is 12.6. The van der Waals surface area contributed by atoms with E-state index in [1.54, 1.807) is 10.7 Å². The Morgan fingerprint density at radius 3 is 2.81 bits per heavy atom. The average Bonchev–Trinajstić information content (AvgIpc) is 3.48. The molecule has 0 spiro atoms. The summed E-state index contributed by atoms with van der Waals surface area (Å²) in [4.78, 5) is 19.2. The lowest BCUT2D eigenvalue weighted by Crippen LogP contribution is -2.44. The number of ether oxygens (including phenoxy) is 1. The molecule has 5 rings (SSSR count). The van der Waals surface area contributed by atoms with E-state index in [-0.39, 0.29) is 12.0 Å². The number of hydrogen-bond acceptors (Lipinski definition) is 5. The second-order valence-corrected chi connectivity index (χ2v) is 8.90. The minimum absolute atomic E-state index is 0.154. The van der Waals surface area contributed by atoms with Crippen molar-refractivity contribution >= 4 is 42.3 Å². The molecule has 9 heteroatoms. The molecule has 2 aliphatic rings. The van der Waals surface area contributed by atoms with Gasteiger partial charge in [0.2, 0.25) is 0 Å². The van der Waals surface area contributed by atoms with E-state index in [0.29, 0.717) is 28.7 Å². The van der Waals surface area contributed by atoms with Gasteiger partial charge < -0.3 is 15.0 Å². The third-order valence-corrected chi connectivity index (χ3v) is 6.68. The molecule has 2 aliphatic heterocycles. The first-order valence-electron chi connectivity index (χ1n) is 11.1. The quantitative estimate of drug-likeness (QED) is 0.606. The molecule has 1 amide bonds. The lowest BCUT2D eigenvalue weighted by Gasteiger charge is -2.33. The molecular weight excluding hydrogens is 425 g/mol. The minimum Gasteiger partial charge on any atom is -0.370 e. The molecule has 0 aliphatic carbocycles. The maximum absolute atomic E-state index is 12.6. The molecule has 7 nitrogen and oxygen atoms in total. The molecule has 2 saturated heterocycles. The normalized spacial score (nSPS) is 19.5. The Labute approximate surface area is 193 Å². The van der Waals surface area contributed by atoms with Crippen molar-refractivity contribution < 1.29 is 9.53 Å². The van der Waals surface area contributed by atoms with Crippen molar-refractivity contribution in [2.75, 3.05) is 31.6 Å². The van der Waals surface area contributed by atoms with Crippen molar-refractivity contribution in [2.45, 2.75) is 31.8 Å².